The van der Waals surface area contributed by atoms with Crippen molar-refractivity contribution in [3.8, 4) is 0 Å². The van der Waals surface area contributed by atoms with Crippen molar-refractivity contribution < 1.29 is 5.32 Å². The van der Waals surface area contributed by atoms with E-state index in [1.165, 1.54) is 18.5 Å². The van der Waals surface area contributed by atoms with Crippen LogP contribution >= 0.6 is 0 Å². The molecule has 0 spiro atoms. The van der Waals surface area contributed by atoms with Crippen molar-refractivity contribution in [1.82, 2.24) is 0 Å². The molecule has 2 N–H and O–H groups in total. The average Bonchev–Trinajstić information content (AvgIpc) is 2.06. The van der Waals surface area contributed by atoms with Crippen LogP contribution in [-0.2, 0) is 6.42 Å². The molecule has 1 aromatic carbocycles. The number of hydrogen-bond acceptors (Lipinski definition) is 0. The zero-order valence-corrected chi connectivity index (χ0v) is 7.96. The van der Waals surface area contributed by atoms with E-state index in [4.69, 9.17) is 0 Å². The molecule has 1 nitrogen and oxygen atoms in total. The Hall–Kier alpha value is -0.820. The summed E-state index contributed by atoms with van der Waals surface area (Å²) in [6.45, 7) is 5.64. The zero-order valence-electron chi connectivity index (χ0n) is 7.96. The van der Waals surface area contributed by atoms with Gasteiger partial charge in [0.25, 0.3) is 0 Å². The maximum atomic E-state index is 2.37. The minimum absolute atomic E-state index is 0.706. The van der Waals surface area contributed by atoms with Crippen LogP contribution in [0.25, 0.3) is 0 Å². The van der Waals surface area contributed by atoms with E-state index in [1.807, 2.05) is 0 Å². The molecule has 0 radical (unpaired) electrons. The molecule has 0 aromatic heterocycles. The Kier molecular flexibility index (Phi) is 3.81. The Bertz CT molecular complexity index is 206. The van der Waals surface area contributed by atoms with Gasteiger partial charge in [0, 0.05) is 6.42 Å². The summed E-state index contributed by atoms with van der Waals surface area (Å²) in [6.07, 6.45) is 1.18. The van der Waals surface area contributed by atoms with Crippen molar-refractivity contribution in [2.75, 3.05) is 6.54 Å². The summed E-state index contributed by atoms with van der Waals surface area (Å²) < 4.78 is 0. The fourth-order valence-corrected chi connectivity index (χ4v) is 1.47. The third kappa shape index (κ3) is 3.05. The lowest BCUT2D eigenvalue weighted by molar-refractivity contribution is -0.682. The van der Waals surface area contributed by atoms with Crippen LogP contribution in [0.15, 0.2) is 30.3 Å². The van der Waals surface area contributed by atoms with Crippen LogP contribution in [0.2, 0.25) is 0 Å². The highest BCUT2D eigenvalue weighted by molar-refractivity contribution is 5.15. The molecule has 1 aromatic rings. The molecule has 0 bridgehead atoms. The van der Waals surface area contributed by atoms with E-state index in [-0.39, 0.29) is 0 Å². The van der Waals surface area contributed by atoms with Crippen LogP contribution in [0.3, 0.4) is 0 Å². The molecule has 0 saturated heterocycles. The second kappa shape index (κ2) is 4.94. The maximum Gasteiger partial charge on any atom is 0.0871 e. The van der Waals surface area contributed by atoms with Crippen LogP contribution in [0.5, 0.6) is 0 Å². The lowest BCUT2D eigenvalue weighted by Gasteiger charge is -2.08. The number of likely N-dealkylation sites (N-methyl/N-ethyl adjacent to an activating group) is 1. The molecule has 0 unspecified atom stereocenters. The van der Waals surface area contributed by atoms with Crippen LogP contribution in [0, 0.1) is 0 Å². The van der Waals surface area contributed by atoms with E-state index in [0.29, 0.717) is 6.04 Å². The van der Waals surface area contributed by atoms with Gasteiger partial charge in [0.15, 0.2) is 0 Å². The Balaban J connectivity index is 2.41. The van der Waals surface area contributed by atoms with Gasteiger partial charge in [0.05, 0.1) is 12.6 Å². The monoisotopic (exact) mass is 164 g/mol. The minimum Gasteiger partial charge on any atom is -0.344 e. The van der Waals surface area contributed by atoms with Crippen LogP contribution < -0.4 is 5.32 Å². The smallest absolute Gasteiger partial charge is 0.0871 e. The highest BCUT2D eigenvalue weighted by Crippen LogP contribution is 2.00. The van der Waals surface area contributed by atoms with Crippen molar-refractivity contribution in [2.45, 2.75) is 26.3 Å². The Labute approximate surface area is 74.8 Å². The normalized spacial score (nSPS) is 12.8. The van der Waals surface area contributed by atoms with Gasteiger partial charge in [-0.05, 0) is 19.4 Å². The van der Waals surface area contributed by atoms with Crippen molar-refractivity contribution in [3.63, 3.8) is 0 Å². The molecule has 0 amide bonds. The summed E-state index contributed by atoms with van der Waals surface area (Å²) in [4.78, 5) is 0. The Morgan fingerprint density at radius 1 is 1.25 bits per heavy atom. The van der Waals surface area contributed by atoms with Crippen LogP contribution in [-0.4, -0.2) is 12.6 Å². The number of hydrogen-bond donors (Lipinski definition) is 1. The third-order valence-electron chi connectivity index (χ3n) is 2.04. The standard InChI is InChI=1S/C11H17N/c1-3-12-10(2)9-11-7-5-4-6-8-11/h4-8,10,12H,3,9H2,1-2H3/p+1/t10-/m1/s1. The first-order chi connectivity index (χ1) is 5.83. The highest BCUT2D eigenvalue weighted by atomic mass is 14.9. The quantitative estimate of drug-likeness (QED) is 0.688. The molecule has 0 aliphatic heterocycles. The van der Waals surface area contributed by atoms with Crippen molar-refractivity contribution in [2.24, 2.45) is 0 Å². The maximum absolute atomic E-state index is 2.37. The topological polar surface area (TPSA) is 16.6 Å². The summed E-state index contributed by atoms with van der Waals surface area (Å²) in [6, 6.07) is 11.4. The van der Waals surface area contributed by atoms with Gasteiger partial charge < -0.3 is 5.32 Å². The van der Waals surface area contributed by atoms with E-state index in [9.17, 15) is 0 Å². The molecule has 0 aliphatic carbocycles. The van der Waals surface area contributed by atoms with Crippen molar-refractivity contribution >= 4 is 0 Å². The molecule has 1 rings (SSSR count). The van der Waals surface area contributed by atoms with Gasteiger partial charge in [-0.1, -0.05) is 30.3 Å². The average molecular weight is 164 g/mol. The van der Waals surface area contributed by atoms with E-state index >= 15 is 0 Å². The first kappa shape index (κ1) is 9.27. The summed E-state index contributed by atoms with van der Waals surface area (Å²) in [7, 11) is 0. The summed E-state index contributed by atoms with van der Waals surface area (Å²) in [5, 5.41) is 2.37. The van der Waals surface area contributed by atoms with Gasteiger partial charge in [-0.3, -0.25) is 0 Å². The first-order valence-electron chi connectivity index (χ1n) is 4.70. The summed E-state index contributed by atoms with van der Waals surface area (Å²) in [5.74, 6) is 0. The Morgan fingerprint density at radius 3 is 2.50 bits per heavy atom. The SMILES string of the molecule is CC[NH2+][C@H](C)Cc1ccccc1. The van der Waals surface area contributed by atoms with Gasteiger partial charge in [-0.15, -0.1) is 0 Å². The number of benzene rings is 1. The van der Waals surface area contributed by atoms with Gasteiger partial charge in [0.2, 0.25) is 0 Å². The summed E-state index contributed by atoms with van der Waals surface area (Å²) in [5.41, 5.74) is 1.44. The molecular formula is C11H18N+. The van der Waals surface area contributed by atoms with Gasteiger partial charge in [-0.25, -0.2) is 0 Å². The van der Waals surface area contributed by atoms with Gasteiger partial charge in [-0.2, -0.15) is 0 Å². The van der Waals surface area contributed by atoms with Crippen LogP contribution in [0.4, 0.5) is 0 Å². The number of rotatable bonds is 4. The van der Waals surface area contributed by atoms with Crippen molar-refractivity contribution in [3.05, 3.63) is 35.9 Å². The second-order valence-corrected chi connectivity index (χ2v) is 3.31. The second-order valence-electron chi connectivity index (χ2n) is 3.31. The molecule has 0 aliphatic rings. The molecule has 0 heterocycles. The predicted molar refractivity (Wildman–Crippen MR) is 52.1 cm³/mol. The minimum atomic E-state index is 0.706. The number of quaternary nitrogens is 1. The third-order valence-corrected chi connectivity index (χ3v) is 2.04. The molecule has 1 atom stereocenters. The Morgan fingerprint density at radius 2 is 1.92 bits per heavy atom. The zero-order chi connectivity index (χ0) is 8.81. The van der Waals surface area contributed by atoms with E-state index in [2.05, 4.69) is 49.5 Å². The van der Waals surface area contributed by atoms with Crippen LogP contribution in [0.1, 0.15) is 19.4 Å². The summed E-state index contributed by atoms with van der Waals surface area (Å²) >= 11 is 0. The molecule has 1 heteroatoms. The fraction of sp³-hybridized carbons (Fsp3) is 0.455. The predicted octanol–water partition coefficient (Wildman–Crippen LogP) is 1.20. The molecule has 66 valence electrons. The molecule has 0 saturated carbocycles. The number of nitrogens with two attached hydrogens (primary N) is 1. The fourth-order valence-electron chi connectivity index (χ4n) is 1.47. The lowest BCUT2D eigenvalue weighted by atomic mass is 10.1. The largest absolute Gasteiger partial charge is 0.344 e. The first-order valence-corrected chi connectivity index (χ1v) is 4.70. The highest BCUT2D eigenvalue weighted by Gasteiger charge is 2.03. The molecule has 0 fully saturated rings. The molecular weight excluding hydrogens is 146 g/mol. The molecule has 12 heavy (non-hydrogen) atoms. The lowest BCUT2D eigenvalue weighted by Crippen LogP contribution is -2.89. The van der Waals surface area contributed by atoms with E-state index in [0.717, 1.165) is 0 Å². The van der Waals surface area contributed by atoms with Gasteiger partial charge in [0.1, 0.15) is 0 Å². The van der Waals surface area contributed by atoms with E-state index in [1.54, 1.807) is 0 Å². The van der Waals surface area contributed by atoms with E-state index < -0.39 is 0 Å². The van der Waals surface area contributed by atoms with Gasteiger partial charge >= 0.3 is 0 Å². The van der Waals surface area contributed by atoms with Crippen molar-refractivity contribution in [1.29, 1.82) is 0 Å².